The van der Waals surface area contributed by atoms with Gasteiger partial charge in [0.2, 0.25) is 5.91 Å². The van der Waals surface area contributed by atoms with Gasteiger partial charge in [-0.2, -0.15) is 0 Å². The first kappa shape index (κ1) is 30.8. The normalized spacial score (nSPS) is 17.9. The van der Waals surface area contributed by atoms with Crippen LogP contribution in [0.2, 0.25) is 0 Å². The minimum atomic E-state index is -1.11. The fraction of sp³-hybridized carbons (Fsp3) is 0.220. The highest BCUT2D eigenvalue weighted by molar-refractivity contribution is 8.15. The summed E-state index contributed by atoms with van der Waals surface area (Å²) in [5.74, 6) is 0.622. The van der Waals surface area contributed by atoms with Crippen LogP contribution in [0, 0.1) is 0 Å². The lowest BCUT2D eigenvalue weighted by Crippen LogP contribution is -2.51. The van der Waals surface area contributed by atoms with Crippen LogP contribution in [-0.4, -0.2) is 40.5 Å². The summed E-state index contributed by atoms with van der Waals surface area (Å²) in [5, 5.41) is -0.781. The van der Waals surface area contributed by atoms with Crippen molar-refractivity contribution in [2.75, 3.05) is 18.1 Å². The molecule has 47 heavy (non-hydrogen) atoms. The Bertz CT molecular complexity index is 1730. The molecule has 1 fully saturated rings. The van der Waals surface area contributed by atoms with E-state index in [2.05, 4.69) is 36.1 Å². The number of benzene rings is 5. The minimum Gasteiger partial charge on any atom is -0.491 e. The number of hydrogen-bond acceptors (Lipinski definition) is 5. The van der Waals surface area contributed by atoms with Crippen molar-refractivity contribution in [1.82, 2.24) is 4.90 Å². The van der Waals surface area contributed by atoms with Crippen LogP contribution in [0.5, 0.6) is 5.75 Å². The van der Waals surface area contributed by atoms with Gasteiger partial charge in [-0.15, -0.1) is 0 Å². The molecule has 2 aliphatic rings. The first-order valence-electron chi connectivity index (χ1n) is 16.4. The first-order chi connectivity index (χ1) is 23.1. The van der Waals surface area contributed by atoms with Gasteiger partial charge in [0, 0.05) is 12.2 Å². The summed E-state index contributed by atoms with van der Waals surface area (Å²) in [6, 6.07) is 46.6. The highest BCUT2D eigenvalue weighted by Crippen LogP contribution is 2.48. The molecule has 2 unspecified atom stereocenters. The Hall–Kier alpha value is -4.81. The van der Waals surface area contributed by atoms with Gasteiger partial charge in [0.25, 0.3) is 5.24 Å². The largest absolute Gasteiger partial charge is 0.491 e. The number of hydrogen-bond donors (Lipinski definition) is 0. The van der Waals surface area contributed by atoms with Gasteiger partial charge < -0.3 is 9.64 Å². The molecule has 2 atom stereocenters. The molecule has 2 amide bonds. The van der Waals surface area contributed by atoms with Crippen molar-refractivity contribution in [3.63, 3.8) is 0 Å². The molecule has 6 heteroatoms. The summed E-state index contributed by atoms with van der Waals surface area (Å²) in [5.41, 5.74) is 5.19. The molecule has 5 aromatic carbocycles. The first-order valence-corrected chi connectivity index (χ1v) is 17.2. The van der Waals surface area contributed by atoms with Gasteiger partial charge >= 0.3 is 0 Å². The Kier molecular flexibility index (Phi) is 8.86. The maximum atomic E-state index is 14.4. The molecular formula is C41H38N2O3S. The second-order valence-electron chi connectivity index (χ2n) is 12.1. The van der Waals surface area contributed by atoms with Crippen LogP contribution in [0.4, 0.5) is 10.5 Å². The Morgan fingerprint density at radius 2 is 1.28 bits per heavy atom. The highest BCUT2D eigenvalue weighted by atomic mass is 32.2. The quantitative estimate of drug-likeness (QED) is 0.144. The molecule has 7 rings (SSSR count). The van der Waals surface area contributed by atoms with Crippen LogP contribution in [0.15, 0.2) is 140 Å². The van der Waals surface area contributed by atoms with E-state index >= 15 is 0 Å². The van der Waals surface area contributed by atoms with Crippen molar-refractivity contribution >= 4 is 28.6 Å². The van der Waals surface area contributed by atoms with Crippen LogP contribution in [0.25, 0.3) is 0 Å². The van der Waals surface area contributed by atoms with Crippen molar-refractivity contribution in [3.8, 4) is 5.75 Å². The van der Waals surface area contributed by atoms with Gasteiger partial charge in [0.05, 0.1) is 11.3 Å². The minimum absolute atomic E-state index is 0.186. The van der Waals surface area contributed by atoms with Crippen molar-refractivity contribution in [3.05, 3.63) is 167 Å². The Morgan fingerprint density at radius 3 is 1.85 bits per heavy atom. The van der Waals surface area contributed by atoms with E-state index in [1.807, 2.05) is 115 Å². The third-order valence-electron chi connectivity index (χ3n) is 9.45. The number of aryl methyl sites for hydroxylation is 1. The van der Waals surface area contributed by atoms with Crippen molar-refractivity contribution in [2.24, 2.45) is 0 Å². The fourth-order valence-corrected chi connectivity index (χ4v) is 8.28. The number of fused-ring (bicyclic) bond motifs is 1. The SMILES string of the molecule is CCN1c2ccccc2CCC1COc1ccc(CC2SC(=O)N(C(c3ccccc3)(c3ccccc3)c3ccccc3)C2=O)cc1. The molecule has 2 heterocycles. The van der Waals surface area contributed by atoms with Crippen LogP contribution in [-0.2, 0) is 23.2 Å². The predicted molar refractivity (Wildman–Crippen MR) is 190 cm³/mol. The van der Waals surface area contributed by atoms with E-state index in [9.17, 15) is 9.59 Å². The van der Waals surface area contributed by atoms with Crippen molar-refractivity contribution in [1.29, 1.82) is 0 Å². The molecule has 0 spiro atoms. The number of likely N-dealkylation sites (N-methyl/N-ethyl adjacent to an activating group) is 1. The number of amides is 2. The average molecular weight is 639 g/mol. The number of thioether (sulfide) groups is 1. The highest BCUT2D eigenvalue weighted by Gasteiger charge is 2.53. The molecule has 0 aromatic heterocycles. The molecule has 5 aromatic rings. The number of carbonyl (C=O) groups excluding carboxylic acids is 2. The number of carbonyl (C=O) groups is 2. The van der Waals surface area contributed by atoms with E-state index in [0.29, 0.717) is 19.1 Å². The zero-order valence-corrected chi connectivity index (χ0v) is 27.3. The molecule has 0 aliphatic carbocycles. The number of rotatable bonds is 10. The zero-order chi connectivity index (χ0) is 32.2. The van der Waals surface area contributed by atoms with Crippen molar-refractivity contribution < 1.29 is 14.3 Å². The van der Waals surface area contributed by atoms with E-state index in [0.717, 1.165) is 59.2 Å². The summed E-state index contributed by atoms with van der Waals surface area (Å²) in [6.45, 7) is 3.75. The zero-order valence-electron chi connectivity index (χ0n) is 26.5. The van der Waals surface area contributed by atoms with Crippen LogP contribution >= 0.6 is 11.8 Å². The second kappa shape index (κ2) is 13.5. The molecule has 0 saturated carbocycles. The van der Waals surface area contributed by atoms with Gasteiger partial charge in [-0.25, -0.2) is 0 Å². The van der Waals surface area contributed by atoms with Crippen LogP contribution in [0.1, 0.15) is 41.2 Å². The average Bonchev–Trinajstić information content (AvgIpc) is 3.41. The molecule has 236 valence electrons. The molecular weight excluding hydrogens is 601 g/mol. The summed E-state index contributed by atoms with van der Waals surface area (Å²) in [6.07, 6.45) is 2.57. The maximum absolute atomic E-state index is 14.4. The smallest absolute Gasteiger partial charge is 0.290 e. The molecule has 5 nitrogen and oxygen atoms in total. The molecule has 0 N–H and O–H groups in total. The van der Waals surface area contributed by atoms with Gasteiger partial charge in [0.15, 0.2) is 0 Å². The third-order valence-corrected chi connectivity index (χ3v) is 10.5. The lowest BCUT2D eigenvalue weighted by atomic mass is 9.75. The Morgan fingerprint density at radius 1 is 0.723 bits per heavy atom. The topological polar surface area (TPSA) is 49.9 Å². The van der Waals surface area contributed by atoms with Crippen molar-refractivity contribution in [2.45, 2.75) is 43.0 Å². The number of para-hydroxylation sites is 1. The summed E-state index contributed by atoms with van der Waals surface area (Å²) in [7, 11) is 0. The van der Waals surface area contributed by atoms with E-state index in [-0.39, 0.29) is 11.1 Å². The van der Waals surface area contributed by atoms with Gasteiger partial charge in [-0.05, 0) is 72.2 Å². The number of anilines is 1. The predicted octanol–water partition coefficient (Wildman–Crippen LogP) is 8.51. The number of nitrogens with zero attached hydrogens (tertiary/aromatic N) is 2. The Balaban J connectivity index is 1.11. The standard InChI is InChI=1S/C41H38N2O3S/c1-2-42-35(25-24-31-14-12-13-21-37(31)42)29-46-36-26-22-30(23-27-36)28-38-39(44)43(40(45)47-38)41(32-15-6-3-7-16-32,33-17-8-4-9-18-33)34-19-10-5-11-20-34/h3-23,26-27,35,38H,2,24-25,28-29H2,1H3. The van der Waals surface area contributed by atoms with E-state index < -0.39 is 10.8 Å². The van der Waals surface area contributed by atoms with Crippen LogP contribution < -0.4 is 9.64 Å². The summed E-state index contributed by atoms with van der Waals surface area (Å²) in [4.78, 5) is 32.4. The molecule has 0 bridgehead atoms. The van der Waals surface area contributed by atoms with E-state index in [1.165, 1.54) is 16.2 Å². The van der Waals surface area contributed by atoms with E-state index in [1.54, 1.807) is 0 Å². The van der Waals surface area contributed by atoms with Crippen LogP contribution in [0.3, 0.4) is 0 Å². The van der Waals surface area contributed by atoms with Gasteiger partial charge in [-0.3, -0.25) is 14.5 Å². The summed E-state index contributed by atoms with van der Waals surface area (Å²) >= 11 is 1.12. The molecule has 1 saturated heterocycles. The summed E-state index contributed by atoms with van der Waals surface area (Å²) < 4.78 is 6.29. The fourth-order valence-electron chi connectivity index (χ4n) is 7.22. The second-order valence-corrected chi connectivity index (χ2v) is 13.3. The molecule has 0 radical (unpaired) electrons. The maximum Gasteiger partial charge on any atom is 0.290 e. The number of imide groups is 1. The third kappa shape index (κ3) is 5.83. The van der Waals surface area contributed by atoms with Gasteiger partial charge in [0.1, 0.15) is 17.9 Å². The Labute approximate surface area is 281 Å². The lowest BCUT2D eigenvalue weighted by Gasteiger charge is -2.42. The number of ether oxygens (including phenoxy) is 1. The lowest BCUT2D eigenvalue weighted by molar-refractivity contribution is -0.129. The molecule has 2 aliphatic heterocycles. The van der Waals surface area contributed by atoms with Gasteiger partial charge in [-0.1, -0.05) is 133 Å². The van der Waals surface area contributed by atoms with E-state index in [4.69, 9.17) is 4.74 Å². The monoisotopic (exact) mass is 638 g/mol.